The summed E-state index contributed by atoms with van der Waals surface area (Å²) in [5.74, 6) is -2.93. The summed E-state index contributed by atoms with van der Waals surface area (Å²) < 4.78 is 0. The first-order chi connectivity index (χ1) is 15.6. The zero-order valence-electron chi connectivity index (χ0n) is 19.0. The summed E-state index contributed by atoms with van der Waals surface area (Å²) in [5.41, 5.74) is 5.45. The van der Waals surface area contributed by atoms with Crippen molar-refractivity contribution in [3.63, 3.8) is 0 Å². The molecule has 1 saturated heterocycles. The molecule has 2 unspecified atom stereocenters. The molecule has 1 heterocycles. The van der Waals surface area contributed by atoms with E-state index in [1.165, 1.54) is 6.08 Å². The van der Waals surface area contributed by atoms with Crippen molar-refractivity contribution in [3.05, 3.63) is 58.1 Å². The lowest BCUT2D eigenvalue weighted by Gasteiger charge is -2.39. The molecule has 0 bridgehead atoms. The number of carbonyl (C=O) groups is 2. The summed E-state index contributed by atoms with van der Waals surface area (Å²) in [4.78, 5) is 26.0. The van der Waals surface area contributed by atoms with Crippen LogP contribution >= 0.6 is 11.6 Å². The van der Waals surface area contributed by atoms with Crippen LogP contribution in [0.4, 0.5) is 0 Å². The maximum Gasteiger partial charge on any atom is 0.333 e. The number of allylic oxidation sites excluding steroid dienone is 2. The van der Waals surface area contributed by atoms with Crippen LogP contribution in [0.3, 0.4) is 0 Å². The Morgan fingerprint density at radius 2 is 1.79 bits per heavy atom. The van der Waals surface area contributed by atoms with Crippen LogP contribution in [0.25, 0.3) is 0 Å². The largest absolute Gasteiger partial charge is 0.481 e. The number of unbranched alkanes of at least 4 members (excludes halogenated alkanes) is 1. The molecular weight excluding hydrogens is 444 g/mol. The number of benzene rings is 1. The van der Waals surface area contributed by atoms with E-state index in [0.717, 1.165) is 37.2 Å². The Bertz CT molecular complexity index is 935. The summed E-state index contributed by atoms with van der Waals surface area (Å²) in [6, 6.07) is 7.82. The Morgan fingerprint density at radius 1 is 1.15 bits per heavy atom. The van der Waals surface area contributed by atoms with E-state index >= 15 is 0 Å². The highest BCUT2D eigenvalue weighted by Crippen LogP contribution is 2.45. The Hall–Kier alpha value is -2.19. The van der Waals surface area contributed by atoms with Crippen LogP contribution in [0.2, 0.25) is 0 Å². The molecule has 7 nitrogen and oxygen atoms in total. The third-order valence-electron chi connectivity index (χ3n) is 7.34. The molecule has 0 amide bonds. The van der Waals surface area contributed by atoms with Crippen molar-refractivity contribution in [2.45, 2.75) is 51.2 Å². The minimum Gasteiger partial charge on any atom is -0.481 e. The number of nitrogens with two attached hydrogens (primary N) is 1. The van der Waals surface area contributed by atoms with Crippen molar-refractivity contribution in [3.8, 4) is 0 Å². The number of rotatable bonds is 9. The van der Waals surface area contributed by atoms with Gasteiger partial charge in [-0.3, -0.25) is 4.79 Å². The molecule has 180 valence electrons. The van der Waals surface area contributed by atoms with E-state index in [4.69, 9.17) is 17.3 Å². The number of piperidine rings is 1. The Labute approximate surface area is 199 Å². The number of hydrogen-bond acceptors (Lipinski definition) is 5. The van der Waals surface area contributed by atoms with Crippen molar-refractivity contribution < 1.29 is 24.9 Å². The van der Waals surface area contributed by atoms with Gasteiger partial charge in [0.2, 0.25) is 0 Å². The van der Waals surface area contributed by atoms with Crippen LogP contribution in [0.1, 0.15) is 50.2 Å². The molecule has 8 heteroatoms. The van der Waals surface area contributed by atoms with Gasteiger partial charge >= 0.3 is 11.9 Å². The van der Waals surface area contributed by atoms with E-state index in [1.54, 1.807) is 13.0 Å². The molecule has 2 atom stereocenters. The summed E-state index contributed by atoms with van der Waals surface area (Å²) in [7, 11) is 0. The van der Waals surface area contributed by atoms with E-state index in [-0.39, 0.29) is 10.6 Å². The van der Waals surface area contributed by atoms with E-state index in [2.05, 4.69) is 4.90 Å². The van der Waals surface area contributed by atoms with E-state index in [9.17, 15) is 24.9 Å². The van der Waals surface area contributed by atoms with Crippen LogP contribution in [0, 0.1) is 11.3 Å². The first-order valence-electron chi connectivity index (χ1n) is 11.4. The zero-order valence-corrected chi connectivity index (χ0v) is 19.7. The maximum atomic E-state index is 12.1. The fourth-order valence-electron chi connectivity index (χ4n) is 5.01. The van der Waals surface area contributed by atoms with Crippen LogP contribution in [0.15, 0.2) is 47.0 Å². The number of aliphatic carboxylic acids is 2. The molecule has 2 aliphatic rings. The second-order valence-corrected chi connectivity index (χ2v) is 9.61. The van der Waals surface area contributed by atoms with Crippen molar-refractivity contribution in [2.75, 3.05) is 19.6 Å². The predicted molar refractivity (Wildman–Crippen MR) is 127 cm³/mol. The second-order valence-electron chi connectivity index (χ2n) is 9.20. The minimum atomic E-state index is -1.27. The quantitative estimate of drug-likeness (QED) is 0.402. The normalized spacial score (nSPS) is 25.3. The van der Waals surface area contributed by atoms with Crippen LogP contribution < -0.4 is 5.73 Å². The predicted octanol–water partition coefficient (Wildman–Crippen LogP) is 3.45. The van der Waals surface area contributed by atoms with Gasteiger partial charge in [0.1, 0.15) is 0 Å². The zero-order chi connectivity index (χ0) is 24.2. The first-order valence-corrected chi connectivity index (χ1v) is 11.8. The van der Waals surface area contributed by atoms with Crippen molar-refractivity contribution >= 4 is 23.5 Å². The third-order valence-corrected chi connectivity index (χ3v) is 7.67. The molecule has 33 heavy (non-hydrogen) atoms. The fraction of sp³-hybridized carbons (Fsp3) is 0.520. The molecule has 1 aromatic carbocycles. The highest BCUT2D eigenvalue weighted by Gasteiger charge is 2.46. The smallest absolute Gasteiger partial charge is 0.333 e. The molecule has 1 aliphatic carbocycles. The Kier molecular flexibility index (Phi) is 8.00. The number of carboxylic acids is 2. The number of hydrogen-bond donors (Lipinski definition) is 4. The van der Waals surface area contributed by atoms with Crippen molar-refractivity contribution in [1.29, 1.82) is 0 Å². The monoisotopic (exact) mass is 476 g/mol. The van der Waals surface area contributed by atoms with Gasteiger partial charge in [-0.05, 0) is 49.4 Å². The van der Waals surface area contributed by atoms with Gasteiger partial charge in [0.25, 0.3) is 0 Å². The second kappa shape index (κ2) is 10.4. The molecule has 1 aliphatic heterocycles. The molecule has 0 radical (unpaired) electrons. The molecule has 0 spiro atoms. The average molecular weight is 477 g/mol. The molecule has 3 rings (SSSR count). The van der Waals surface area contributed by atoms with Gasteiger partial charge in [0, 0.05) is 25.6 Å². The van der Waals surface area contributed by atoms with Crippen molar-refractivity contribution in [1.82, 2.24) is 4.90 Å². The maximum absolute atomic E-state index is 12.1. The van der Waals surface area contributed by atoms with E-state index in [1.807, 2.05) is 24.3 Å². The minimum absolute atomic E-state index is 0.0450. The topological polar surface area (TPSA) is 124 Å². The van der Waals surface area contributed by atoms with Crippen molar-refractivity contribution in [2.24, 2.45) is 17.1 Å². The average Bonchev–Trinajstić information content (AvgIpc) is 2.79. The standard InChI is InChI=1S/C25H33ClN2O5/c1-17-21(22(29)30)20(26)8-10-24(17,23(31)32)9-2-3-13-28-14-11-25(33,12-15-28)19-6-4-18(16-27)5-7-19/h4-8,10,17,33H,2-3,9,11-16,27H2,1H3,(H,29,30)(H,31,32). The number of carboxylic acid groups (broad SMARTS) is 2. The van der Waals surface area contributed by atoms with Gasteiger partial charge in [-0.25, -0.2) is 4.79 Å². The van der Waals surface area contributed by atoms with E-state index in [0.29, 0.717) is 32.2 Å². The summed E-state index contributed by atoms with van der Waals surface area (Å²) >= 11 is 6.04. The third kappa shape index (κ3) is 5.32. The van der Waals surface area contributed by atoms with Gasteiger partial charge in [-0.2, -0.15) is 0 Å². The number of aliphatic hydroxyl groups is 1. The van der Waals surface area contributed by atoms with Crippen LogP contribution in [-0.2, 0) is 21.7 Å². The molecule has 1 fully saturated rings. The lowest BCUT2D eigenvalue weighted by atomic mass is 9.67. The number of likely N-dealkylation sites (tertiary alicyclic amines) is 1. The lowest BCUT2D eigenvalue weighted by Crippen LogP contribution is -2.43. The highest BCUT2D eigenvalue weighted by molar-refractivity contribution is 6.33. The van der Waals surface area contributed by atoms with Gasteiger partial charge < -0.3 is 26.0 Å². The fourth-order valence-corrected chi connectivity index (χ4v) is 5.32. The first kappa shape index (κ1) is 25.4. The molecule has 1 aromatic rings. The van der Waals surface area contributed by atoms with Gasteiger partial charge in [0.05, 0.1) is 21.6 Å². The van der Waals surface area contributed by atoms with Crippen LogP contribution in [0.5, 0.6) is 0 Å². The summed E-state index contributed by atoms with van der Waals surface area (Å²) in [6.45, 7) is 4.42. The van der Waals surface area contributed by atoms with E-state index < -0.39 is 28.9 Å². The molecular formula is C25H33ClN2O5. The molecule has 5 N–H and O–H groups in total. The Balaban J connectivity index is 1.52. The molecule has 0 aromatic heterocycles. The van der Waals surface area contributed by atoms with Gasteiger partial charge in [0.15, 0.2) is 0 Å². The summed E-state index contributed by atoms with van der Waals surface area (Å²) in [6.07, 6.45) is 6.01. The number of nitrogens with zero attached hydrogens (tertiary/aromatic N) is 1. The lowest BCUT2D eigenvalue weighted by molar-refractivity contribution is -0.149. The summed E-state index contributed by atoms with van der Waals surface area (Å²) in [5, 5.41) is 30.6. The van der Waals surface area contributed by atoms with Gasteiger partial charge in [-0.1, -0.05) is 55.3 Å². The SMILES string of the molecule is CC1C(C(=O)O)=C(Cl)C=CC1(CCCCN1CCC(O)(c2ccc(CN)cc2)CC1)C(=O)O. The number of halogens is 1. The Morgan fingerprint density at radius 3 is 2.33 bits per heavy atom. The molecule has 0 saturated carbocycles. The highest BCUT2D eigenvalue weighted by atomic mass is 35.5. The van der Waals surface area contributed by atoms with Gasteiger partial charge in [-0.15, -0.1) is 0 Å². The van der Waals surface area contributed by atoms with Crippen LogP contribution in [-0.4, -0.2) is 51.8 Å².